The van der Waals surface area contributed by atoms with Gasteiger partial charge in [0.2, 0.25) is 0 Å². The van der Waals surface area contributed by atoms with E-state index in [2.05, 4.69) is 15.9 Å². The number of rotatable bonds is 1. The molecule has 0 bridgehead atoms. The van der Waals surface area contributed by atoms with E-state index in [9.17, 15) is 9.90 Å². The summed E-state index contributed by atoms with van der Waals surface area (Å²) in [5, 5.41) is 9.88. The van der Waals surface area contributed by atoms with Gasteiger partial charge in [-0.1, -0.05) is 23.4 Å². The van der Waals surface area contributed by atoms with Crippen LogP contribution in [0.1, 0.15) is 0 Å². The molecule has 6 heteroatoms. The van der Waals surface area contributed by atoms with Crippen molar-refractivity contribution < 1.29 is 9.90 Å². The number of aliphatic hydroxyl groups is 1. The quantitative estimate of drug-likeness (QED) is 0.866. The maximum atomic E-state index is 11.5. The summed E-state index contributed by atoms with van der Waals surface area (Å²) in [6, 6.07) is 5.23. The lowest BCUT2D eigenvalue weighted by Crippen LogP contribution is -2.28. The lowest BCUT2D eigenvalue weighted by molar-refractivity contribution is -0.121. The van der Waals surface area contributed by atoms with Crippen LogP contribution in [0.3, 0.4) is 0 Å². The van der Waals surface area contributed by atoms with Crippen LogP contribution in [-0.2, 0) is 4.79 Å². The lowest BCUT2D eigenvalue weighted by Gasteiger charge is -2.15. The number of aliphatic hydroxyl groups excluding tert-OH is 1. The van der Waals surface area contributed by atoms with Crippen molar-refractivity contribution in [3.05, 3.63) is 27.7 Å². The van der Waals surface area contributed by atoms with Crippen LogP contribution in [-0.4, -0.2) is 22.3 Å². The Morgan fingerprint density at radius 3 is 2.87 bits per heavy atom. The second kappa shape index (κ2) is 4.33. The Labute approximate surface area is 105 Å². The van der Waals surface area contributed by atoms with Crippen molar-refractivity contribution in [3.63, 3.8) is 0 Å². The van der Waals surface area contributed by atoms with Gasteiger partial charge in [-0.2, -0.15) is 0 Å². The van der Waals surface area contributed by atoms with Gasteiger partial charge in [0.25, 0.3) is 5.91 Å². The van der Waals surface area contributed by atoms with Gasteiger partial charge in [-0.15, -0.1) is 0 Å². The van der Waals surface area contributed by atoms with Crippen LogP contribution in [0, 0.1) is 0 Å². The van der Waals surface area contributed by atoms with Crippen molar-refractivity contribution in [1.82, 2.24) is 0 Å². The molecule has 1 saturated heterocycles. The van der Waals surface area contributed by atoms with E-state index in [0.717, 1.165) is 10.2 Å². The summed E-state index contributed by atoms with van der Waals surface area (Å²) in [5.41, 5.74) is -0.209. The van der Waals surface area contributed by atoms with Gasteiger partial charge in [0.1, 0.15) is 0 Å². The molecule has 1 amide bonds. The summed E-state index contributed by atoms with van der Waals surface area (Å²) >= 11 is 10.3. The Bertz CT molecular complexity index is 415. The summed E-state index contributed by atoms with van der Waals surface area (Å²) in [7, 11) is 0. The van der Waals surface area contributed by atoms with Crippen LogP contribution in [0.5, 0.6) is 0 Å². The van der Waals surface area contributed by atoms with E-state index in [1.165, 1.54) is 16.7 Å². The number of benzene rings is 1. The van der Waals surface area contributed by atoms with Crippen LogP contribution in [0.2, 0.25) is 5.02 Å². The molecule has 80 valence electrons. The normalized spacial score (nSPS) is 21.1. The van der Waals surface area contributed by atoms with Crippen LogP contribution < -0.4 is 4.90 Å². The summed E-state index contributed by atoms with van der Waals surface area (Å²) in [6.07, 6.45) is 0. The van der Waals surface area contributed by atoms with Crippen LogP contribution >= 0.6 is 39.3 Å². The summed E-state index contributed by atoms with van der Waals surface area (Å²) in [4.78, 5) is 13.0. The predicted octanol–water partition coefficient (Wildman–Crippen LogP) is 2.46. The Morgan fingerprint density at radius 1 is 1.60 bits per heavy atom. The van der Waals surface area contributed by atoms with E-state index in [1.54, 1.807) is 18.2 Å². The second-order valence-electron chi connectivity index (χ2n) is 3.01. The van der Waals surface area contributed by atoms with Crippen LogP contribution in [0.15, 0.2) is 22.7 Å². The maximum absolute atomic E-state index is 11.5. The predicted molar refractivity (Wildman–Crippen MR) is 65.1 cm³/mol. The minimum atomic E-state index is -0.945. The molecule has 1 aromatic rings. The molecule has 1 aromatic carbocycles. The molecular formula is C9H7BrClNO2S. The minimum absolute atomic E-state index is 0.283. The molecule has 0 saturated carbocycles. The number of amides is 1. The molecule has 1 aliphatic heterocycles. The zero-order valence-corrected chi connectivity index (χ0v) is 10.6. The van der Waals surface area contributed by atoms with E-state index >= 15 is 0 Å². The second-order valence-corrected chi connectivity index (χ2v) is 5.31. The van der Waals surface area contributed by atoms with Crippen molar-refractivity contribution in [2.75, 3.05) is 10.8 Å². The minimum Gasteiger partial charge on any atom is -0.373 e. The molecule has 0 radical (unpaired) electrons. The Morgan fingerprint density at radius 2 is 2.33 bits per heavy atom. The number of anilines is 1. The highest BCUT2D eigenvalue weighted by Crippen LogP contribution is 2.32. The Balaban J connectivity index is 2.31. The fraction of sp³-hybridized carbons (Fsp3) is 0.222. The fourth-order valence-corrected chi connectivity index (χ4v) is 2.59. The van der Waals surface area contributed by atoms with E-state index in [-0.39, 0.29) is 5.91 Å². The fourth-order valence-electron chi connectivity index (χ4n) is 1.27. The largest absolute Gasteiger partial charge is 0.373 e. The van der Waals surface area contributed by atoms with Crippen LogP contribution in [0.25, 0.3) is 0 Å². The van der Waals surface area contributed by atoms with Gasteiger partial charge < -0.3 is 5.11 Å². The average Bonchev–Trinajstić information content (AvgIpc) is 2.53. The lowest BCUT2D eigenvalue weighted by atomic mass is 10.3. The first-order valence-corrected chi connectivity index (χ1v) is 6.37. The average molecular weight is 309 g/mol. The van der Waals surface area contributed by atoms with E-state index < -0.39 is 5.44 Å². The van der Waals surface area contributed by atoms with Crippen molar-refractivity contribution in [2.24, 2.45) is 0 Å². The molecule has 15 heavy (non-hydrogen) atoms. The number of halogens is 2. The molecule has 0 aliphatic carbocycles. The summed E-state index contributed by atoms with van der Waals surface area (Å²) < 4.78 is 0.737. The third kappa shape index (κ3) is 2.15. The van der Waals surface area contributed by atoms with Gasteiger partial charge in [-0.3, -0.25) is 9.69 Å². The third-order valence-corrected chi connectivity index (χ3v) is 4.19. The van der Waals surface area contributed by atoms with E-state index in [1.807, 2.05) is 0 Å². The molecule has 1 heterocycles. The number of nitrogens with zero attached hydrogens (tertiary/aromatic N) is 1. The molecule has 2 rings (SSSR count). The number of hydrogen-bond acceptors (Lipinski definition) is 3. The smallest absolute Gasteiger partial charge is 0.267 e. The van der Waals surface area contributed by atoms with Gasteiger partial charge in [-0.25, -0.2) is 0 Å². The van der Waals surface area contributed by atoms with Gasteiger partial charge >= 0.3 is 0 Å². The Kier molecular flexibility index (Phi) is 3.25. The SMILES string of the molecule is O=C1C(O)SCN1c1ccc(Cl)c(Br)c1. The monoisotopic (exact) mass is 307 g/mol. The molecule has 3 nitrogen and oxygen atoms in total. The van der Waals surface area contributed by atoms with Crippen molar-refractivity contribution in [2.45, 2.75) is 5.44 Å². The van der Waals surface area contributed by atoms with Gasteiger partial charge in [0, 0.05) is 10.2 Å². The molecule has 0 aromatic heterocycles. The first-order valence-electron chi connectivity index (χ1n) is 4.15. The molecule has 1 aliphatic rings. The third-order valence-electron chi connectivity index (χ3n) is 2.05. The van der Waals surface area contributed by atoms with E-state index in [4.69, 9.17) is 11.6 Å². The highest BCUT2D eigenvalue weighted by Gasteiger charge is 2.31. The van der Waals surface area contributed by atoms with E-state index in [0.29, 0.717) is 10.9 Å². The number of carbonyl (C=O) groups excluding carboxylic acids is 1. The van der Waals surface area contributed by atoms with Crippen molar-refractivity contribution in [1.29, 1.82) is 0 Å². The molecule has 0 spiro atoms. The number of carbonyl (C=O) groups is 1. The number of thioether (sulfide) groups is 1. The zero-order valence-electron chi connectivity index (χ0n) is 7.48. The topological polar surface area (TPSA) is 40.5 Å². The van der Waals surface area contributed by atoms with Gasteiger partial charge in [0.05, 0.1) is 10.9 Å². The van der Waals surface area contributed by atoms with Gasteiger partial charge in [-0.05, 0) is 34.1 Å². The Hall–Kier alpha value is -0.230. The molecule has 1 atom stereocenters. The maximum Gasteiger partial charge on any atom is 0.267 e. The first-order chi connectivity index (χ1) is 7.09. The van der Waals surface area contributed by atoms with Gasteiger partial charge in [0.15, 0.2) is 5.44 Å². The molecule has 1 fully saturated rings. The summed E-state index contributed by atoms with van der Waals surface area (Å²) in [5.74, 6) is 0.183. The number of hydrogen-bond donors (Lipinski definition) is 1. The highest BCUT2D eigenvalue weighted by atomic mass is 79.9. The standard InChI is InChI=1S/C9H7BrClNO2S/c10-6-3-5(1-2-7(6)11)12-4-15-9(14)8(12)13/h1-3,9,14H,4H2. The molecular weight excluding hydrogens is 302 g/mol. The molecule has 1 N–H and O–H groups in total. The summed E-state index contributed by atoms with van der Waals surface area (Å²) in [6.45, 7) is 0. The zero-order chi connectivity index (χ0) is 11.0. The first kappa shape index (κ1) is 11.3. The highest BCUT2D eigenvalue weighted by molar-refractivity contribution is 9.10. The van der Waals surface area contributed by atoms with Crippen molar-refractivity contribution >= 4 is 50.9 Å². The molecule has 1 unspecified atom stereocenters. The van der Waals surface area contributed by atoms with Crippen LogP contribution in [0.4, 0.5) is 5.69 Å². The van der Waals surface area contributed by atoms with Crippen molar-refractivity contribution in [3.8, 4) is 0 Å².